The molecule has 0 unspecified atom stereocenters. The first kappa shape index (κ1) is 16.2. The summed E-state index contributed by atoms with van der Waals surface area (Å²) in [5.74, 6) is 0.425. The van der Waals surface area contributed by atoms with E-state index in [0.717, 1.165) is 16.0 Å². The minimum Gasteiger partial charge on any atom is -0.497 e. The average molecular weight is 370 g/mol. The number of imidazole rings is 1. The summed E-state index contributed by atoms with van der Waals surface area (Å²) in [4.78, 5) is 37.1. The summed E-state index contributed by atoms with van der Waals surface area (Å²) in [7, 11) is 3.20. The van der Waals surface area contributed by atoms with Crippen LogP contribution in [0.3, 0.4) is 0 Å². The van der Waals surface area contributed by atoms with Gasteiger partial charge in [0.15, 0.2) is 16.3 Å². The monoisotopic (exact) mass is 370 g/mol. The molecule has 0 aliphatic carbocycles. The molecule has 4 aromatic rings. The Labute approximate surface area is 150 Å². The fourth-order valence-electron chi connectivity index (χ4n) is 2.56. The summed E-state index contributed by atoms with van der Waals surface area (Å²) in [5.41, 5.74) is 1.12. The van der Waals surface area contributed by atoms with Crippen molar-refractivity contribution in [2.45, 2.75) is 6.54 Å². The van der Waals surface area contributed by atoms with Crippen molar-refractivity contribution in [3.63, 3.8) is 0 Å². The van der Waals surface area contributed by atoms with E-state index in [0.29, 0.717) is 16.3 Å². The van der Waals surface area contributed by atoms with Crippen molar-refractivity contribution in [1.29, 1.82) is 0 Å². The van der Waals surface area contributed by atoms with Gasteiger partial charge in [0.05, 0.1) is 30.0 Å². The number of aromatic nitrogens is 5. The third-order valence-electron chi connectivity index (χ3n) is 3.85. The van der Waals surface area contributed by atoms with Crippen LogP contribution in [-0.4, -0.2) is 37.1 Å². The maximum atomic E-state index is 12.4. The molecule has 0 aliphatic heterocycles. The standard InChI is InChI=1S/C16H14N6O3S/c1-21-7-17-14-13(15(21)24)22(8-18-14)6-12(23)20-16-19-10-4-3-9(25-2)5-11(10)26-16/h3-5,7-8H,6H2,1-2H3,(H,19,20,23). The van der Waals surface area contributed by atoms with E-state index < -0.39 is 0 Å². The van der Waals surface area contributed by atoms with Gasteiger partial charge in [-0.1, -0.05) is 11.3 Å². The molecule has 9 nitrogen and oxygen atoms in total. The molecule has 0 radical (unpaired) electrons. The van der Waals surface area contributed by atoms with Crippen LogP contribution in [0, 0.1) is 0 Å². The molecule has 0 saturated heterocycles. The van der Waals surface area contributed by atoms with E-state index in [2.05, 4.69) is 20.3 Å². The quantitative estimate of drug-likeness (QED) is 0.582. The highest BCUT2D eigenvalue weighted by Crippen LogP contribution is 2.29. The predicted octanol–water partition coefficient (Wildman–Crippen LogP) is 1.39. The normalized spacial score (nSPS) is 11.2. The Morgan fingerprint density at radius 1 is 1.31 bits per heavy atom. The Bertz CT molecular complexity index is 1190. The first-order valence-corrected chi connectivity index (χ1v) is 8.47. The molecule has 26 heavy (non-hydrogen) atoms. The Hall–Kier alpha value is -3.27. The fraction of sp³-hybridized carbons (Fsp3) is 0.188. The predicted molar refractivity (Wildman–Crippen MR) is 97.6 cm³/mol. The first-order chi connectivity index (χ1) is 12.5. The van der Waals surface area contributed by atoms with Crippen molar-refractivity contribution >= 4 is 43.8 Å². The van der Waals surface area contributed by atoms with E-state index in [9.17, 15) is 9.59 Å². The zero-order chi connectivity index (χ0) is 18.3. The van der Waals surface area contributed by atoms with Gasteiger partial charge in [0.25, 0.3) is 5.56 Å². The lowest BCUT2D eigenvalue weighted by Gasteiger charge is -2.04. The van der Waals surface area contributed by atoms with Crippen LogP contribution in [0.25, 0.3) is 21.4 Å². The largest absolute Gasteiger partial charge is 0.497 e. The lowest BCUT2D eigenvalue weighted by atomic mass is 10.3. The number of hydrogen-bond donors (Lipinski definition) is 1. The lowest BCUT2D eigenvalue weighted by Crippen LogP contribution is -2.23. The number of fused-ring (bicyclic) bond motifs is 2. The number of rotatable bonds is 4. The van der Waals surface area contributed by atoms with Crippen LogP contribution in [0.5, 0.6) is 5.75 Å². The van der Waals surface area contributed by atoms with E-state index >= 15 is 0 Å². The molecule has 0 aliphatic rings. The van der Waals surface area contributed by atoms with E-state index in [1.54, 1.807) is 14.2 Å². The topological polar surface area (TPSA) is 104 Å². The number of benzene rings is 1. The molecule has 3 aromatic heterocycles. The van der Waals surface area contributed by atoms with Crippen molar-refractivity contribution in [2.24, 2.45) is 7.05 Å². The van der Waals surface area contributed by atoms with Crippen molar-refractivity contribution in [2.75, 3.05) is 12.4 Å². The number of carbonyl (C=O) groups excluding carboxylic acids is 1. The smallest absolute Gasteiger partial charge is 0.279 e. The Kier molecular flexibility index (Phi) is 3.88. The molecule has 0 spiro atoms. The minimum atomic E-state index is -0.304. The molecule has 0 saturated carbocycles. The van der Waals surface area contributed by atoms with Crippen LogP contribution < -0.4 is 15.6 Å². The van der Waals surface area contributed by atoms with Gasteiger partial charge in [0.2, 0.25) is 5.91 Å². The minimum absolute atomic E-state index is 0.0588. The number of nitrogens with zero attached hydrogens (tertiary/aromatic N) is 5. The zero-order valence-electron chi connectivity index (χ0n) is 14.0. The molecule has 1 amide bonds. The highest BCUT2D eigenvalue weighted by atomic mass is 32.1. The Balaban J connectivity index is 1.58. The molecule has 0 atom stereocenters. The van der Waals surface area contributed by atoms with Gasteiger partial charge in [0, 0.05) is 7.05 Å². The molecular formula is C16H14N6O3S. The van der Waals surface area contributed by atoms with E-state index in [1.807, 2.05) is 18.2 Å². The molecule has 1 N–H and O–H groups in total. The van der Waals surface area contributed by atoms with Crippen LogP contribution in [0.1, 0.15) is 0 Å². The van der Waals surface area contributed by atoms with Crippen molar-refractivity contribution in [3.05, 3.63) is 41.2 Å². The van der Waals surface area contributed by atoms with Gasteiger partial charge in [-0.15, -0.1) is 0 Å². The van der Waals surface area contributed by atoms with Gasteiger partial charge < -0.3 is 19.2 Å². The molecule has 1 aromatic carbocycles. The molecule has 0 bridgehead atoms. The van der Waals surface area contributed by atoms with Crippen molar-refractivity contribution in [1.82, 2.24) is 24.1 Å². The maximum Gasteiger partial charge on any atom is 0.279 e. The summed E-state index contributed by atoms with van der Waals surface area (Å²) >= 11 is 1.35. The van der Waals surface area contributed by atoms with Crippen LogP contribution in [0.2, 0.25) is 0 Å². The number of amides is 1. The van der Waals surface area contributed by atoms with Crippen LogP contribution in [0.4, 0.5) is 5.13 Å². The number of anilines is 1. The van der Waals surface area contributed by atoms with Gasteiger partial charge in [-0.25, -0.2) is 15.0 Å². The number of thiazole rings is 1. The van der Waals surface area contributed by atoms with Gasteiger partial charge in [0.1, 0.15) is 12.3 Å². The number of nitrogens with one attached hydrogen (secondary N) is 1. The molecule has 10 heteroatoms. The first-order valence-electron chi connectivity index (χ1n) is 7.66. The van der Waals surface area contributed by atoms with E-state index in [-0.39, 0.29) is 18.0 Å². The number of hydrogen-bond acceptors (Lipinski definition) is 7. The SMILES string of the molecule is COc1ccc2nc(NC(=O)Cn3cnc4ncn(C)c(=O)c43)sc2c1. The Morgan fingerprint density at radius 3 is 2.92 bits per heavy atom. The van der Waals surface area contributed by atoms with Crippen LogP contribution >= 0.6 is 11.3 Å². The van der Waals surface area contributed by atoms with Gasteiger partial charge in [-0.05, 0) is 18.2 Å². The number of methoxy groups -OCH3 is 1. The van der Waals surface area contributed by atoms with Crippen LogP contribution in [0.15, 0.2) is 35.6 Å². The molecule has 0 fully saturated rings. The second kappa shape index (κ2) is 6.23. The summed E-state index contributed by atoms with van der Waals surface area (Å²) in [6.45, 7) is -0.0588. The lowest BCUT2D eigenvalue weighted by molar-refractivity contribution is -0.116. The zero-order valence-corrected chi connectivity index (χ0v) is 14.8. The summed E-state index contributed by atoms with van der Waals surface area (Å²) in [6, 6.07) is 5.51. The maximum absolute atomic E-state index is 12.4. The molecular weight excluding hydrogens is 356 g/mol. The van der Waals surface area contributed by atoms with E-state index in [4.69, 9.17) is 4.74 Å². The molecule has 4 rings (SSSR count). The molecule has 132 valence electrons. The van der Waals surface area contributed by atoms with Crippen LogP contribution in [-0.2, 0) is 18.4 Å². The number of ether oxygens (including phenoxy) is 1. The third-order valence-corrected chi connectivity index (χ3v) is 4.78. The van der Waals surface area contributed by atoms with Gasteiger partial charge in [-0.3, -0.25) is 9.59 Å². The average Bonchev–Trinajstić information content (AvgIpc) is 3.21. The Morgan fingerprint density at radius 2 is 2.12 bits per heavy atom. The van der Waals surface area contributed by atoms with Gasteiger partial charge >= 0.3 is 0 Å². The summed E-state index contributed by atoms with van der Waals surface area (Å²) in [6.07, 6.45) is 2.83. The number of aryl methyl sites for hydroxylation is 1. The van der Waals surface area contributed by atoms with Crippen molar-refractivity contribution < 1.29 is 9.53 Å². The van der Waals surface area contributed by atoms with Crippen molar-refractivity contribution in [3.8, 4) is 5.75 Å². The molecule has 3 heterocycles. The second-order valence-corrected chi connectivity index (χ2v) is 6.64. The van der Waals surface area contributed by atoms with E-state index in [1.165, 1.54) is 33.1 Å². The summed E-state index contributed by atoms with van der Waals surface area (Å²) in [5, 5.41) is 3.24. The second-order valence-electron chi connectivity index (χ2n) is 5.61. The highest BCUT2D eigenvalue weighted by Gasteiger charge is 2.14. The number of carbonyl (C=O) groups is 1. The third kappa shape index (κ3) is 2.80. The fourth-order valence-corrected chi connectivity index (χ4v) is 3.47. The summed E-state index contributed by atoms with van der Waals surface area (Å²) < 4.78 is 8.93. The van der Waals surface area contributed by atoms with Gasteiger partial charge in [-0.2, -0.15) is 0 Å². The highest BCUT2D eigenvalue weighted by molar-refractivity contribution is 7.22.